The fourth-order valence-electron chi connectivity index (χ4n) is 4.17. The second kappa shape index (κ2) is 7.41. The minimum atomic E-state index is 0.618. The summed E-state index contributed by atoms with van der Waals surface area (Å²) in [7, 11) is 0. The predicted octanol–water partition coefficient (Wildman–Crippen LogP) is 4.24. The van der Waals surface area contributed by atoms with Crippen molar-refractivity contribution in [3.63, 3.8) is 0 Å². The minimum absolute atomic E-state index is 0.618. The molecule has 2 aliphatic heterocycles. The molecule has 0 amide bonds. The summed E-state index contributed by atoms with van der Waals surface area (Å²) in [5.41, 5.74) is 1.37. The average Bonchev–Trinajstić information content (AvgIpc) is 3.30. The van der Waals surface area contributed by atoms with E-state index in [4.69, 9.17) is 9.97 Å². The highest BCUT2D eigenvalue weighted by molar-refractivity contribution is 7.98. The molecule has 0 aromatic carbocycles. The van der Waals surface area contributed by atoms with Crippen molar-refractivity contribution in [2.45, 2.75) is 52.1 Å². The molecule has 136 valence electrons. The van der Waals surface area contributed by atoms with E-state index < -0.39 is 0 Å². The maximum absolute atomic E-state index is 5.12. The van der Waals surface area contributed by atoms with Crippen molar-refractivity contribution >= 4 is 39.1 Å². The number of aryl methyl sites for hydroxylation is 2. The van der Waals surface area contributed by atoms with Crippen LogP contribution in [0.3, 0.4) is 0 Å². The molecule has 2 saturated heterocycles. The van der Waals surface area contributed by atoms with Gasteiger partial charge < -0.3 is 4.90 Å². The van der Waals surface area contributed by atoms with Gasteiger partial charge in [0, 0.05) is 23.2 Å². The lowest BCUT2D eigenvalue weighted by Crippen LogP contribution is -2.32. The first-order valence-corrected chi connectivity index (χ1v) is 11.6. The van der Waals surface area contributed by atoms with Crippen molar-refractivity contribution in [1.82, 2.24) is 14.9 Å². The first-order valence-electron chi connectivity index (χ1n) is 9.42. The molecule has 0 spiro atoms. The fraction of sp³-hybridized carbons (Fsp3) is 0.684. The van der Waals surface area contributed by atoms with E-state index in [1.54, 1.807) is 0 Å². The van der Waals surface area contributed by atoms with E-state index in [-0.39, 0.29) is 0 Å². The van der Waals surface area contributed by atoms with Crippen molar-refractivity contribution in [2.24, 2.45) is 0 Å². The Morgan fingerprint density at radius 2 is 1.92 bits per heavy atom. The van der Waals surface area contributed by atoms with E-state index in [2.05, 4.69) is 29.9 Å². The summed E-state index contributed by atoms with van der Waals surface area (Å²) in [5.74, 6) is 3.41. The van der Waals surface area contributed by atoms with Crippen LogP contribution in [0.25, 0.3) is 10.2 Å². The molecule has 0 radical (unpaired) electrons. The Balaban J connectivity index is 1.76. The topological polar surface area (TPSA) is 32.3 Å². The minimum Gasteiger partial charge on any atom is -0.352 e. The molecule has 2 aromatic heterocycles. The molecule has 1 atom stereocenters. The van der Waals surface area contributed by atoms with E-state index in [0.717, 1.165) is 18.9 Å². The van der Waals surface area contributed by atoms with Crippen LogP contribution in [-0.2, 0) is 6.54 Å². The number of rotatable bonds is 5. The predicted molar refractivity (Wildman–Crippen MR) is 110 cm³/mol. The summed E-state index contributed by atoms with van der Waals surface area (Å²) in [5, 5.41) is 1.31. The van der Waals surface area contributed by atoms with Gasteiger partial charge in [-0.3, -0.25) is 4.90 Å². The lowest BCUT2D eigenvalue weighted by Gasteiger charge is -2.27. The van der Waals surface area contributed by atoms with Crippen LogP contribution in [0.2, 0.25) is 0 Å². The molecular formula is C19H28N4S2. The van der Waals surface area contributed by atoms with Gasteiger partial charge in [-0.1, -0.05) is 0 Å². The fourth-order valence-corrected chi connectivity index (χ4v) is 5.94. The number of likely N-dealkylation sites (tertiary alicyclic amines) is 1. The monoisotopic (exact) mass is 376 g/mol. The van der Waals surface area contributed by atoms with Crippen LogP contribution in [0, 0.1) is 13.8 Å². The van der Waals surface area contributed by atoms with Crippen LogP contribution in [0.5, 0.6) is 0 Å². The Morgan fingerprint density at radius 1 is 1.12 bits per heavy atom. The van der Waals surface area contributed by atoms with Crippen LogP contribution < -0.4 is 4.90 Å². The van der Waals surface area contributed by atoms with Crippen LogP contribution in [0.1, 0.15) is 41.9 Å². The Morgan fingerprint density at radius 3 is 2.68 bits per heavy atom. The highest BCUT2D eigenvalue weighted by Gasteiger charge is 2.29. The molecule has 0 N–H and O–H groups in total. The zero-order chi connectivity index (χ0) is 17.4. The average molecular weight is 377 g/mol. The first-order chi connectivity index (χ1) is 12.2. The zero-order valence-electron chi connectivity index (χ0n) is 15.5. The first kappa shape index (κ1) is 17.6. The standard InChI is InChI=1S/C19H28N4S2/c1-13-14(2)25-19-17(13)18(23-10-6-7-15(23)12-24-3)20-16(21-19)11-22-8-4-5-9-22/h15H,4-12H2,1-3H3. The van der Waals surface area contributed by atoms with Gasteiger partial charge in [0.1, 0.15) is 16.5 Å². The highest BCUT2D eigenvalue weighted by Crippen LogP contribution is 2.38. The molecule has 0 bridgehead atoms. The van der Waals surface area contributed by atoms with Gasteiger partial charge in [-0.25, -0.2) is 9.97 Å². The van der Waals surface area contributed by atoms with E-state index in [1.807, 2.05) is 23.1 Å². The van der Waals surface area contributed by atoms with Crippen molar-refractivity contribution in [3.8, 4) is 0 Å². The van der Waals surface area contributed by atoms with Gasteiger partial charge >= 0.3 is 0 Å². The summed E-state index contributed by atoms with van der Waals surface area (Å²) in [4.78, 5) is 17.7. The Hall–Kier alpha value is -0.850. The summed E-state index contributed by atoms with van der Waals surface area (Å²) in [6.07, 6.45) is 7.41. The van der Waals surface area contributed by atoms with E-state index in [0.29, 0.717) is 6.04 Å². The molecule has 4 rings (SSSR count). The molecule has 0 aliphatic carbocycles. The summed E-state index contributed by atoms with van der Waals surface area (Å²) >= 11 is 3.79. The lowest BCUT2D eigenvalue weighted by atomic mass is 10.2. The van der Waals surface area contributed by atoms with E-state index in [1.165, 1.54) is 71.0 Å². The number of thioether (sulfide) groups is 1. The second-order valence-electron chi connectivity index (χ2n) is 7.35. The number of aromatic nitrogens is 2. The SMILES string of the molecule is CSCC1CCCN1c1nc(CN2CCCC2)nc2sc(C)c(C)c12. The van der Waals surface area contributed by atoms with Crippen molar-refractivity contribution in [1.29, 1.82) is 0 Å². The number of thiophene rings is 1. The normalized spacial score (nSPS) is 21.7. The maximum atomic E-state index is 5.12. The molecule has 6 heteroatoms. The van der Waals surface area contributed by atoms with Gasteiger partial charge in [-0.2, -0.15) is 11.8 Å². The van der Waals surface area contributed by atoms with Gasteiger partial charge in [-0.15, -0.1) is 11.3 Å². The van der Waals surface area contributed by atoms with Crippen LogP contribution in [0.4, 0.5) is 5.82 Å². The molecule has 4 heterocycles. The molecule has 0 saturated carbocycles. The molecule has 4 nitrogen and oxygen atoms in total. The van der Waals surface area contributed by atoms with Gasteiger partial charge in [-0.05, 0) is 64.4 Å². The Kier molecular flexibility index (Phi) is 5.20. The molecule has 2 aliphatic rings. The Bertz CT molecular complexity index is 751. The third-order valence-corrected chi connectivity index (χ3v) is 7.45. The largest absolute Gasteiger partial charge is 0.352 e. The lowest BCUT2D eigenvalue weighted by molar-refractivity contribution is 0.323. The van der Waals surface area contributed by atoms with E-state index in [9.17, 15) is 0 Å². The zero-order valence-corrected chi connectivity index (χ0v) is 17.2. The number of hydrogen-bond acceptors (Lipinski definition) is 6. The Labute approximate surface area is 159 Å². The van der Waals surface area contributed by atoms with Crippen LogP contribution in [-0.4, -0.2) is 52.6 Å². The van der Waals surface area contributed by atoms with Crippen molar-refractivity contribution in [2.75, 3.05) is 36.5 Å². The molecule has 2 fully saturated rings. The summed E-state index contributed by atoms with van der Waals surface area (Å²) in [6, 6.07) is 0.618. The van der Waals surface area contributed by atoms with Gasteiger partial charge in [0.2, 0.25) is 0 Å². The molecule has 25 heavy (non-hydrogen) atoms. The number of fused-ring (bicyclic) bond motifs is 1. The smallest absolute Gasteiger partial charge is 0.146 e. The van der Waals surface area contributed by atoms with Gasteiger partial charge in [0.15, 0.2) is 0 Å². The summed E-state index contributed by atoms with van der Waals surface area (Å²) in [6.45, 7) is 8.88. The number of anilines is 1. The molecular weight excluding hydrogens is 348 g/mol. The third kappa shape index (κ3) is 3.40. The van der Waals surface area contributed by atoms with Crippen molar-refractivity contribution < 1.29 is 0 Å². The maximum Gasteiger partial charge on any atom is 0.146 e. The summed E-state index contributed by atoms with van der Waals surface area (Å²) < 4.78 is 0. The number of nitrogens with zero attached hydrogens (tertiary/aromatic N) is 4. The molecule has 2 aromatic rings. The quantitative estimate of drug-likeness (QED) is 0.779. The second-order valence-corrected chi connectivity index (χ2v) is 9.47. The van der Waals surface area contributed by atoms with Gasteiger partial charge in [0.25, 0.3) is 0 Å². The van der Waals surface area contributed by atoms with Crippen LogP contribution >= 0.6 is 23.1 Å². The van der Waals surface area contributed by atoms with Crippen LogP contribution in [0.15, 0.2) is 0 Å². The number of hydrogen-bond donors (Lipinski definition) is 0. The highest BCUT2D eigenvalue weighted by atomic mass is 32.2. The van der Waals surface area contributed by atoms with Crippen molar-refractivity contribution in [3.05, 3.63) is 16.3 Å². The van der Waals surface area contributed by atoms with E-state index >= 15 is 0 Å². The third-order valence-electron chi connectivity index (χ3n) is 5.63. The molecule has 1 unspecified atom stereocenters. The van der Waals surface area contributed by atoms with Gasteiger partial charge in [0.05, 0.1) is 11.9 Å².